The Labute approximate surface area is 160 Å². The van der Waals surface area contributed by atoms with E-state index in [1.54, 1.807) is 0 Å². The molecular weight excluding hydrogens is 328 g/mol. The van der Waals surface area contributed by atoms with E-state index >= 15 is 0 Å². The van der Waals surface area contributed by atoms with Gasteiger partial charge in [-0.05, 0) is 52.5 Å². The molecule has 1 heteroatoms. The monoisotopic (exact) mass is 350 g/mol. The normalized spacial score (nSPS) is 19.8. The van der Waals surface area contributed by atoms with Gasteiger partial charge in [0, 0.05) is 11.5 Å². The van der Waals surface area contributed by atoms with Gasteiger partial charge in [0.2, 0.25) is 0 Å². The van der Waals surface area contributed by atoms with E-state index in [2.05, 4.69) is 97.9 Å². The Bertz CT molecular complexity index is 1040. The van der Waals surface area contributed by atoms with Crippen LogP contribution in [-0.2, 0) is 6.42 Å². The molecule has 0 N–H and O–H groups in total. The number of hydrogen-bond acceptors (Lipinski definition) is 1. The van der Waals surface area contributed by atoms with Crippen molar-refractivity contribution in [3.63, 3.8) is 0 Å². The van der Waals surface area contributed by atoms with Crippen LogP contribution in [0.3, 0.4) is 0 Å². The van der Waals surface area contributed by atoms with Crippen molar-refractivity contribution in [2.45, 2.75) is 25.4 Å². The van der Waals surface area contributed by atoms with E-state index in [0.717, 1.165) is 12.2 Å². The van der Waals surface area contributed by atoms with Crippen molar-refractivity contribution in [3.05, 3.63) is 108 Å². The van der Waals surface area contributed by atoms with E-state index in [4.69, 9.17) is 4.74 Å². The first-order chi connectivity index (χ1) is 13.3. The third-order valence-electron chi connectivity index (χ3n) is 5.59. The molecule has 1 nitrogen and oxygen atoms in total. The molecule has 0 aromatic heterocycles. The number of ether oxygens (including phenoxy) is 1. The van der Waals surface area contributed by atoms with Crippen LogP contribution < -0.4 is 4.74 Å². The summed E-state index contributed by atoms with van der Waals surface area (Å²) in [6, 6.07) is 26.0. The van der Waals surface area contributed by atoms with Crippen LogP contribution in [0.1, 0.15) is 29.5 Å². The average molecular weight is 350 g/mol. The van der Waals surface area contributed by atoms with Gasteiger partial charge in [-0.1, -0.05) is 79.7 Å². The van der Waals surface area contributed by atoms with Gasteiger partial charge in [0.05, 0.1) is 0 Å². The van der Waals surface area contributed by atoms with Crippen LogP contribution in [0.15, 0.2) is 91.0 Å². The van der Waals surface area contributed by atoms with Crippen LogP contribution in [0.25, 0.3) is 16.7 Å². The molecule has 2 unspecified atom stereocenters. The van der Waals surface area contributed by atoms with E-state index in [0.29, 0.717) is 0 Å². The molecule has 1 aliphatic carbocycles. The third kappa shape index (κ3) is 2.90. The lowest BCUT2D eigenvalue weighted by Gasteiger charge is -2.18. The summed E-state index contributed by atoms with van der Waals surface area (Å²) in [7, 11) is 0. The van der Waals surface area contributed by atoms with E-state index < -0.39 is 0 Å². The standard InChI is InChI=1S/C26H22O/c1-2-18-7-6-10-20(15-18)22-12-14-26-24(17-22)23-16-21(11-13-25(23)27-26)19-8-4-3-5-9-19/h3-17,23,25H,2H2,1H3. The Hall–Kier alpha value is -3.06. The maximum absolute atomic E-state index is 6.20. The number of allylic oxidation sites excluding steroid dienone is 2. The highest BCUT2D eigenvalue weighted by atomic mass is 16.5. The first-order valence-electron chi connectivity index (χ1n) is 9.67. The minimum atomic E-state index is 0.102. The summed E-state index contributed by atoms with van der Waals surface area (Å²) >= 11 is 0. The lowest BCUT2D eigenvalue weighted by molar-refractivity contribution is 0.269. The molecule has 132 valence electrons. The van der Waals surface area contributed by atoms with Gasteiger partial charge in [-0.15, -0.1) is 0 Å². The lowest BCUT2D eigenvalue weighted by atomic mass is 9.86. The fraction of sp³-hybridized carbons (Fsp3) is 0.154. The van der Waals surface area contributed by atoms with Gasteiger partial charge in [-0.2, -0.15) is 0 Å². The van der Waals surface area contributed by atoms with Crippen LogP contribution in [0.4, 0.5) is 0 Å². The second-order valence-corrected chi connectivity index (χ2v) is 7.26. The number of rotatable bonds is 3. The van der Waals surface area contributed by atoms with E-state index in [9.17, 15) is 0 Å². The Morgan fingerprint density at radius 3 is 2.48 bits per heavy atom. The topological polar surface area (TPSA) is 9.23 Å². The Morgan fingerprint density at radius 1 is 0.815 bits per heavy atom. The summed E-state index contributed by atoms with van der Waals surface area (Å²) in [6.45, 7) is 2.20. The minimum absolute atomic E-state index is 0.102. The smallest absolute Gasteiger partial charge is 0.128 e. The van der Waals surface area contributed by atoms with Crippen LogP contribution in [0.5, 0.6) is 5.75 Å². The molecule has 27 heavy (non-hydrogen) atoms. The highest BCUT2D eigenvalue weighted by Crippen LogP contribution is 2.45. The average Bonchev–Trinajstić information content (AvgIpc) is 3.11. The first kappa shape index (κ1) is 16.1. The van der Waals surface area contributed by atoms with E-state index in [1.807, 2.05) is 0 Å². The predicted octanol–water partition coefficient (Wildman–Crippen LogP) is 6.41. The highest BCUT2D eigenvalue weighted by Gasteiger charge is 2.33. The predicted molar refractivity (Wildman–Crippen MR) is 112 cm³/mol. The number of hydrogen-bond donors (Lipinski definition) is 0. The van der Waals surface area contributed by atoms with Gasteiger partial charge < -0.3 is 4.74 Å². The molecule has 0 radical (unpaired) electrons. The zero-order valence-electron chi connectivity index (χ0n) is 15.4. The summed E-state index contributed by atoms with van der Waals surface area (Å²) < 4.78 is 6.20. The molecule has 2 atom stereocenters. The van der Waals surface area contributed by atoms with Crippen molar-refractivity contribution in [1.29, 1.82) is 0 Å². The summed E-state index contributed by atoms with van der Waals surface area (Å²) in [5.74, 6) is 1.28. The molecule has 0 amide bonds. The van der Waals surface area contributed by atoms with Crippen LogP contribution in [0.2, 0.25) is 0 Å². The van der Waals surface area contributed by atoms with Crippen molar-refractivity contribution in [2.75, 3.05) is 0 Å². The maximum atomic E-state index is 6.20. The van der Waals surface area contributed by atoms with Gasteiger partial charge >= 0.3 is 0 Å². The van der Waals surface area contributed by atoms with E-state index in [1.165, 1.54) is 33.4 Å². The lowest BCUT2D eigenvalue weighted by Crippen LogP contribution is -2.16. The van der Waals surface area contributed by atoms with Crippen molar-refractivity contribution in [2.24, 2.45) is 0 Å². The van der Waals surface area contributed by atoms with Gasteiger partial charge in [0.15, 0.2) is 0 Å². The summed E-state index contributed by atoms with van der Waals surface area (Å²) in [6.07, 6.45) is 7.90. The van der Waals surface area contributed by atoms with Crippen LogP contribution in [0, 0.1) is 0 Å². The Kier molecular flexibility index (Phi) is 3.94. The number of aryl methyl sites for hydroxylation is 1. The highest BCUT2D eigenvalue weighted by molar-refractivity contribution is 5.77. The molecular formula is C26H22O. The summed E-state index contributed by atoms with van der Waals surface area (Å²) in [5.41, 5.74) is 7.72. The summed E-state index contributed by atoms with van der Waals surface area (Å²) in [5, 5.41) is 0. The second kappa shape index (κ2) is 6.59. The van der Waals surface area contributed by atoms with Crippen molar-refractivity contribution < 1.29 is 4.74 Å². The Morgan fingerprint density at radius 2 is 1.63 bits per heavy atom. The largest absolute Gasteiger partial charge is 0.485 e. The molecule has 1 aliphatic heterocycles. The zero-order chi connectivity index (χ0) is 18.2. The molecule has 0 saturated heterocycles. The molecule has 2 aliphatic rings. The molecule has 0 bridgehead atoms. The minimum Gasteiger partial charge on any atom is -0.485 e. The fourth-order valence-corrected chi connectivity index (χ4v) is 4.08. The second-order valence-electron chi connectivity index (χ2n) is 7.26. The molecule has 0 spiro atoms. The van der Waals surface area contributed by atoms with Gasteiger partial charge in [0.1, 0.15) is 11.9 Å². The van der Waals surface area contributed by atoms with Crippen LogP contribution in [-0.4, -0.2) is 6.10 Å². The molecule has 1 heterocycles. The van der Waals surface area contributed by atoms with Crippen molar-refractivity contribution >= 4 is 5.57 Å². The van der Waals surface area contributed by atoms with Gasteiger partial charge in [0.25, 0.3) is 0 Å². The summed E-state index contributed by atoms with van der Waals surface area (Å²) in [4.78, 5) is 0. The fourth-order valence-electron chi connectivity index (χ4n) is 4.08. The van der Waals surface area contributed by atoms with E-state index in [-0.39, 0.29) is 12.0 Å². The number of benzene rings is 3. The van der Waals surface area contributed by atoms with Gasteiger partial charge in [-0.3, -0.25) is 0 Å². The maximum Gasteiger partial charge on any atom is 0.128 e. The van der Waals surface area contributed by atoms with Crippen molar-refractivity contribution in [1.82, 2.24) is 0 Å². The van der Waals surface area contributed by atoms with Crippen molar-refractivity contribution in [3.8, 4) is 16.9 Å². The molecule has 3 aromatic rings. The number of fused-ring (bicyclic) bond motifs is 3. The molecule has 5 rings (SSSR count). The van der Waals surface area contributed by atoms with Gasteiger partial charge in [-0.25, -0.2) is 0 Å². The van der Waals surface area contributed by atoms with Crippen LogP contribution >= 0.6 is 0 Å². The zero-order valence-corrected chi connectivity index (χ0v) is 15.4. The third-order valence-corrected chi connectivity index (χ3v) is 5.59. The molecule has 0 saturated carbocycles. The quantitative estimate of drug-likeness (QED) is 0.530. The SMILES string of the molecule is CCc1cccc(-c2ccc3c(c2)C2C=C(c4ccccc4)C=CC2O3)c1. The molecule has 0 fully saturated rings. The first-order valence-corrected chi connectivity index (χ1v) is 9.67. The molecule has 3 aromatic carbocycles. The Balaban J connectivity index is 1.54.